The SMILES string of the molecule is CC(C)c1cc(C(F)(F)F)ccc1Cl.CC(C)c1cccc(F)n1. The molecule has 1 nitrogen and oxygen atoms in total. The van der Waals surface area contributed by atoms with E-state index in [4.69, 9.17) is 11.6 Å². The third kappa shape index (κ3) is 6.11. The van der Waals surface area contributed by atoms with Crippen LogP contribution in [0, 0.1) is 5.95 Å². The van der Waals surface area contributed by atoms with E-state index in [1.54, 1.807) is 19.9 Å². The lowest BCUT2D eigenvalue weighted by atomic mass is 10.0. The molecule has 0 unspecified atom stereocenters. The molecule has 0 amide bonds. The largest absolute Gasteiger partial charge is 0.416 e. The van der Waals surface area contributed by atoms with E-state index < -0.39 is 17.7 Å². The van der Waals surface area contributed by atoms with Crippen LogP contribution in [0.15, 0.2) is 36.4 Å². The lowest BCUT2D eigenvalue weighted by molar-refractivity contribution is -0.137. The maximum absolute atomic E-state index is 12.4. The normalized spacial score (nSPS) is 11.5. The fourth-order valence-electron chi connectivity index (χ4n) is 1.91. The molecule has 0 fully saturated rings. The first kappa shape index (κ1) is 20.4. The zero-order valence-corrected chi connectivity index (χ0v) is 14.7. The van der Waals surface area contributed by atoms with Crippen molar-refractivity contribution in [1.82, 2.24) is 4.98 Å². The molecule has 2 rings (SSSR count). The molecule has 0 N–H and O–H groups in total. The van der Waals surface area contributed by atoms with Crippen LogP contribution in [-0.4, -0.2) is 4.98 Å². The predicted octanol–water partition coefficient (Wildman–Crippen LogP) is 6.83. The molecule has 0 aliphatic heterocycles. The molecule has 132 valence electrons. The molecule has 0 radical (unpaired) electrons. The summed E-state index contributed by atoms with van der Waals surface area (Å²) in [5.74, 6) is -0.105. The number of halogens is 5. The van der Waals surface area contributed by atoms with Crippen molar-refractivity contribution in [2.45, 2.75) is 45.7 Å². The highest BCUT2D eigenvalue weighted by Gasteiger charge is 2.31. The Hall–Kier alpha value is -1.62. The third-order valence-electron chi connectivity index (χ3n) is 3.27. The molecule has 2 aromatic rings. The van der Waals surface area contributed by atoms with Crippen LogP contribution in [0.3, 0.4) is 0 Å². The fraction of sp³-hybridized carbons (Fsp3) is 0.389. The van der Waals surface area contributed by atoms with Gasteiger partial charge in [-0.15, -0.1) is 0 Å². The van der Waals surface area contributed by atoms with Gasteiger partial charge < -0.3 is 0 Å². The number of pyridine rings is 1. The second kappa shape index (κ2) is 8.47. The summed E-state index contributed by atoms with van der Waals surface area (Å²) in [5, 5.41) is 0.382. The van der Waals surface area contributed by atoms with E-state index in [1.165, 1.54) is 12.1 Å². The number of hydrogen-bond acceptors (Lipinski definition) is 1. The van der Waals surface area contributed by atoms with E-state index in [9.17, 15) is 17.6 Å². The van der Waals surface area contributed by atoms with Crippen LogP contribution < -0.4 is 0 Å². The second-order valence-electron chi connectivity index (χ2n) is 5.93. The van der Waals surface area contributed by atoms with Crippen molar-refractivity contribution in [2.75, 3.05) is 0 Å². The van der Waals surface area contributed by atoms with Crippen LogP contribution in [0.5, 0.6) is 0 Å². The highest BCUT2D eigenvalue weighted by atomic mass is 35.5. The monoisotopic (exact) mass is 361 g/mol. The number of rotatable bonds is 2. The lowest BCUT2D eigenvalue weighted by Crippen LogP contribution is -2.06. The van der Waals surface area contributed by atoms with Gasteiger partial charge in [0, 0.05) is 10.7 Å². The smallest absolute Gasteiger partial charge is 0.225 e. The number of hydrogen-bond donors (Lipinski definition) is 0. The number of alkyl halides is 3. The van der Waals surface area contributed by atoms with Crippen molar-refractivity contribution in [2.24, 2.45) is 0 Å². The van der Waals surface area contributed by atoms with E-state index in [0.29, 0.717) is 16.5 Å². The summed E-state index contributed by atoms with van der Waals surface area (Å²) in [6.07, 6.45) is -4.30. The highest BCUT2D eigenvalue weighted by molar-refractivity contribution is 6.31. The van der Waals surface area contributed by atoms with Crippen molar-refractivity contribution < 1.29 is 17.6 Å². The van der Waals surface area contributed by atoms with Gasteiger partial charge in [0.2, 0.25) is 5.95 Å². The Morgan fingerprint density at radius 1 is 0.958 bits per heavy atom. The van der Waals surface area contributed by atoms with Crippen molar-refractivity contribution in [3.8, 4) is 0 Å². The van der Waals surface area contributed by atoms with Crippen LogP contribution in [0.2, 0.25) is 5.02 Å². The van der Waals surface area contributed by atoms with Gasteiger partial charge in [-0.3, -0.25) is 0 Å². The lowest BCUT2D eigenvalue weighted by Gasteiger charge is -2.12. The van der Waals surface area contributed by atoms with E-state index in [-0.39, 0.29) is 5.92 Å². The Bertz CT molecular complexity index is 666. The van der Waals surface area contributed by atoms with E-state index in [1.807, 2.05) is 19.9 Å². The summed E-state index contributed by atoms with van der Waals surface area (Å²) in [6, 6.07) is 8.25. The molecule has 1 heterocycles. The standard InChI is InChI=1S/C10H10ClF3.C8H10FN/c1-6(2)8-5-7(10(12,13)14)3-4-9(8)11;1-6(2)7-4-3-5-8(9)10-7/h3-6H,1-2H3;3-6H,1-2H3. The van der Waals surface area contributed by atoms with Crippen LogP contribution in [-0.2, 0) is 6.18 Å². The Morgan fingerprint density at radius 3 is 2.00 bits per heavy atom. The zero-order valence-electron chi connectivity index (χ0n) is 14.0. The first-order valence-corrected chi connectivity index (χ1v) is 7.89. The van der Waals surface area contributed by atoms with Crippen LogP contribution in [0.4, 0.5) is 17.6 Å². The second-order valence-corrected chi connectivity index (χ2v) is 6.34. The number of benzene rings is 1. The molecular formula is C18H20ClF4N. The first-order chi connectivity index (χ1) is 11.0. The van der Waals surface area contributed by atoms with Gasteiger partial charge in [-0.2, -0.15) is 17.6 Å². The molecular weight excluding hydrogens is 342 g/mol. The van der Waals surface area contributed by atoms with Crippen LogP contribution in [0.1, 0.15) is 56.4 Å². The van der Waals surface area contributed by atoms with Crippen molar-refractivity contribution in [3.05, 3.63) is 64.2 Å². The van der Waals surface area contributed by atoms with Gasteiger partial charge in [0.25, 0.3) is 0 Å². The highest BCUT2D eigenvalue weighted by Crippen LogP contribution is 2.33. The predicted molar refractivity (Wildman–Crippen MR) is 88.8 cm³/mol. The molecule has 0 aliphatic rings. The minimum Gasteiger partial charge on any atom is -0.225 e. The quantitative estimate of drug-likeness (QED) is 0.422. The average molecular weight is 362 g/mol. The zero-order chi connectivity index (χ0) is 18.5. The molecule has 0 atom stereocenters. The van der Waals surface area contributed by atoms with Gasteiger partial charge in [-0.1, -0.05) is 45.4 Å². The van der Waals surface area contributed by atoms with Crippen LogP contribution >= 0.6 is 11.6 Å². The maximum Gasteiger partial charge on any atom is 0.416 e. The molecule has 0 saturated heterocycles. The van der Waals surface area contributed by atoms with E-state index in [2.05, 4.69) is 4.98 Å². The third-order valence-corrected chi connectivity index (χ3v) is 3.62. The van der Waals surface area contributed by atoms with E-state index >= 15 is 0 Å². The van der Waals surface area contributed by atoms with Crippen molar-refractivity contribution in [3.63, 3.8) is 0 Å². The summed E-state index contributed by atoms with van der Waals surface area (Å²) >= 11 is 5.77. The van der Waals surface area contributed by atoms with Gasteiger partial charge >= 0.3 is 6.18 Å². The molecule has 0 aliphatic carbocycles. The van der Waals surface area contributed by atoms with Crippen LogP contribution in [0.25, 0.3) is 0 Å². The first-order valence-electron chi connectivity index (χ1n) is 7.51. The van der Waals surface area contributed by atoms with E-state index in [0.717, 1.165) is 17.8 Å². The summed E-state index contributed by atoms with van der Waals surface area (Å²) in [5.41, 5.74) is 0.687. The average Bonchev–Trinajstić information content (AvgIpc) is 2.46. The Balaban J connectivity index is 0.000000254. The number of aromatic nitrogens is 1. The summed E-state index contributed by atoms with van der Waals surface area (Å²) in [6.45, 7) is 7.59. The number of nitrogens with zero attached hydrogens (tertiary/aromatic N) is 1. The molecule has 6 heteroatoms. The maximum atomic E-state index is 12.4. The minimum atomic E-state index is -4.30. The minimum absolute atomic E-state index is 0.00944. The Labute approximate surface area is 144 Å². The Morgan fingerprint density at radius 2 is 1.58 bits per heavy atom. The molecule has 1 aromatic carbocycles. The van der Waals surface area contributed by atoms with Gasteiger partial charge in [0.15, 0.2) is 0 Å². The summed E-state index contributed by atoms with van der Waals surface area (Å²) in [7, 11) is 0. The Kier molecular flexibility index (Phi) is 7.21. The molecule has 0 saturated carbocycles. The summed E-state index contributed by atoms with van der Waals surface area (Å²) in [4.78, 5) is 3.71. The van der Waals surface area contributed by atoms with Crippen molar-refractivity contribution in [1.29, 1.82) is 0 Å². The fourth-order valence-corrected chi connectivity index (χ4v) is 2.24. The topological polar surface area (TPSA) is 12.9 Å². The molecule has 0 spiro atoms. The van der Waals surface area contributed by atoms with Gasteiger partial charge in [-0.05, 0) is 47.7 Å². The van der Waals surface area contributed by atoms with Gasteiger partial charge in [0.05, 0.1) is 5.56 Å². The molecule has 24 heavy (non-hydrogen) atoms. The summed E-state index contributed by atoms with van der Waals surface area (Å²) < 4.78 is 49.4. The molecule has 1 aromatic heterocycles. The molecule has 0 bridgehead atoms. The van der Waals surface area contributed by atoms with Gasteiger partial charge in [0.1, 0.15) is 0 Å². The van der Waals surface area contributed by atoms with Crippen molar-refractivity contribution >= 4 is 11.6 Å². The van der Waals surface area contributed by atoms with Gasteiger partial charge in [-0.25, -0.2) is 4.98 Å².